The standard InChI is InChI=1S/C23H26O/c1-3-4-6-11-21(18-20-12-7-5-8-13-20)15-16-23(24)22-14-9-10-19(2)17-22/h5,7-10,12-18H,3-4,6,11H2,1-2H3/b16-15+,21-18-. The average Bonchev–Trinajstić information content (AvgIpc) is 2.60. The summed E-state index contributed by atoms with van der Waals surface area (Å²) in [5.74, 6) is 0.0631. The molecule has 0 unspecified atom stereocenters. The van der Waals surface area contributed by atoms with E-state index in [1.807, 2.05) is 55.5 Å². The number of allylic oxidation sites excluding steroid dienone is 3. The maximum Gasteiger partial charge on any atom is 0.185 e. The van der Waals surface area contributed by atoms with Crippen molar-refractivity contribution in [1.82, 2.24) is 0 Å². The summed E-state index contributed by atoms with van der Waals surface area (Å²) in [6.07, 6.45) is 10.4. The van der Waals surface area contributed by atoms with E-state index in [1.54, 1.807) is 6.08 Å². The van der Waals surface area contributed by atoms with Crippen molar-refractivity contribution in [2.75, 3.05) is 0 Å². The third-order valence-corrected chi connectivity index (χ3v) is 3.97. The first-order chi connectivity index (χ1) is 11.7. The van der Waals surface area contributed by atoms with Crippen molar-refractivity contribution in [3.05, 3.63) is 89.0 Å². The van der Waals surface area contributed by atoms with Crippen molar-refractivity contribution >= 4 is 11.9 Å². The number of carbonyl (C=O) groups excluding carboxylic acids is 1. The maximum atomic E-state index is 12.4. The van der Waals surface area contributed by atoms with E-state index in [0.717, 1.165) is 24.0 Å². The van der Waals surface area contributed by atoms with Crippen LogP contribution in [0.5, 0.6) is 0 Å². The van der Waals surface area contributed by atoms with Crippen LogP contribution in [0.15, 0.2) is 72.3 Å². The molecule has 124 valence electrons. The van der Waals surface area contributed by atoms with Gasteiger partial charge in [0, 0.05) is 5.56 Å². The fourth-order valence-electron chi connectivity index (χ4n) is 2.62. The summed E-state index contributed by atoms with van der Waals surface area (Å²) in [6.45, 7) is 4.21. The van der Waals surface area contributed by atoms with Crippen molar-refractivity contribution in [2.24, 2.45) is 0 Å². The second kappa shape index (κ2) is 9.67. The first kappa shape index (κ1) is 17.9. The normalized spacial score (nSPS) is 11.8. The number of unbranched alkanes of at least 4 members (excludes halogenated alkanes) is 2. The minimum atomic E-state index is 0.0631. The van der Waals surface area contributed by atoms with Gasteiger partial charge in [0.15, 0.2) is 5.78 Å². The Kier molecular flexibility index (Phi) is 7.22. The highest BCUT2D eigenvalue weighted by Crippen LogP contribution is 2.16. The zero-order valence-electron chi connectivity index (χ0n) is 14.7. The molecular weight excluding hydrogens is 292 g/mol. The lowest BCUT2D eigenvalue weighted by Crippen LogP contribution is -1.95. The summed E-state index contributed by atoms with van der Waals surface area (Å²) in [4.78, 5) is 12.4. The molecule has 0 aromatic heterocycles. The molecule has 2 aromatic rings. The number of benzene rings is 2. The minimum absolute atomic E-state index is 0.0631. The molecule has 0 aliphatic heterocycles. The molecule has 0 spiro atoms. The van der Waals surface area contributed by atoms with Crippen LogP contribution in [0, 0.1) is 6.92 Å². The second-order valence-corrected chi connectivity index (χ2v) is 6.15. The van der Waals surface area contributed by atoms with E-state index in [1.165, 1.54) is 24.0 Å². The third kappa shape index (κ3) is 6.00. The Morgan fingerprint density at radius 1 is 0.958 bits per heavy atom. The summed E-state index contributed by atoms with van der Waals surface area (Å²) in [7, 11) is 0. The zero-order valence-corrected chi connectivity index (χ0v) is 14.7. The number of hydrogen-bond donors (Lipinski definition) is 0. The van der Waals surface area contributed by atoms with Gasteiger partial charge in [-0.05, 0) is 43.0 Å². The fraction of sp³-hybridized carbons (Fsp3) is 0.261. The number of aryl methyl sites for hydroxylation is 1. The van der Waals surface area contributed by atoms with Crippen LogP contribution in [0.1, 0.15) is 54.1 Å². The lowest BCUT2D eigenvalue weighted by Gasteiger charge is -2.03. The van der Waals surface area contributed by atoms with Gasteiger partial charge in [-0.3, -0.25) is 4.79 Å². The number of rotatable bonds is 8. The molecule has 0 amide bonds. The minimum Gasteiger partial charge on any atom is -0.289 e. The molecule has 2 aromatic carbocycles. The van der Waals surface area contributed by atoms with E-state index in [-0.39, 0.29) is 5.78 Å². The van der Waals surface area contributed by atoms with Crippen LogP contribution < -0.4 is 0 Å². The van der Waals surface area contributed by atoms with Gasteiger partial charge in [-0.25, -0.2) is 0 Å². The number of hydrogen-bond acceptors (Lipinski definition) is 1. The Bertz CT molecular complexity index is 708. The van der Waals surface area contributed by atoms with Crippen molar-refractivity contribution in [1.29, 1.82) is 0 Å². The highest BCUT2D eigenvalue weighted by molar-refractivity contribution is 6.04. The molecule has 0 radical (unpaired) electrons. The zero-order chi connectivity index (χ0) is 17.2. The Hall–Kier alpha value is -2.41. The van der Waals surface area contributed by atoms with Gasteiger partial charge >= 0.3 is 0 Å². The molecular formula is C23H26O. The second-order valence-electron chi connectivity index (χ2n) is 6.15. The largest absolute Gasteiger partial charge is 0.289 e. The van der Waals surface area contributed by atoms with Gasteiger partial charge in [-0.2, -0.15) is 0 Å². The van der Waals surface area contributed by atoms with Gasteiger partial charge in [-0.1, -0.05) is 86.0 Å². The molecule has 0 heterocycles. The van der Waals surface area contributed by atoms with Crippen molar-refractivity contribution in [3.63, 3.8) is 0 Å². The Morgan fingerprint density at radius 3 is 2.46 bits per heavy atom. The summed E-state index contributed by atoms with van der Waals surface area (Å²) in [5.41, 5.74) is 4.24. The Labute approximate surface area is 145 Å². The topological polar surface area (TPSA) is 17.1 Å². The van der Waals surface area contributed by atoms with Gasteiger partial charge in [0.1, 0.15) is 0 Å². The quantitative estimate of drug-likeness (QED) is 0.238. The van der Waals surface area contributed by atoms with Crippen LogP contribution in [0.4, 0.5) is 0 Å². The summed E-state index contributed by atoms with van der Waals surface area (Å²) in [6, 6.07) is 18.0. The van der Waals surface area contributed by atoms with Crippen molar-refractivity contribution in [3.8, 4) is 0 Å². The van der Waals surface area contributed by atoms with Gasteiger partial charge in [0.05, 0.1) is 0 Å². The number of ketones is 1. The Balaban J connectivity index is 2.14. The van der Waals surface area contributed by atoms with E-state index in [4.69, 9.17) is 0 Å². The molecule has 1 heteroatoms. The van der Waals surface area contributed by atoms with Crippen LogP contribution in [0.2, 0.25) is 0 Å². The number of carbonyl (C=O) groups is 1. The van der Waals surface area contributed by atoms with Crippen LogP contribution >= 0.6 is 0 Å². The van der Waals surface area contributed by atoms with Crippen LogP contribution in [0.25, 0.3) is 6.08 Å². The van der Waals surface area contributed by atoms with Gasteiger partial charge in [0.25, 0.3) is 0 Å². The van der Waals surface area contributed by atoms with Crippen LogP contribution in [-0.4, -0.2) is 5.78 Å². The van der Waals surface area contributed by atoms with Gasteiger partial charge < -0.3 is 0 Å². The average molecular weight is 318 g/mol. The van der Waals surface area contributed by atoms with E-state index in [0.29, 0.717) is 0 Å². The van der Waals surface area contributed by atoms with E-state index in [9.17, 15) is 4.79 Å². The molecule has 0 saturated carbocycles. The smallest absolute Gasteiger partial charge is 0.185 e. The summed E-state index contributed by atoms with van der Waals surface area (Å²) in [5, 5.41) is 0. The van der Waals surface area contributed by atoms with E-state index >= 15 is 0 Å². The van der Waals surface area contributed by atoms with Crippen LogP contribution in [-0.2, 0) is 0 Å². The van der Waals surface area contributed by atoms with Crippen LogP contribution in [0.3, 0.4) is 0 Å². The molecule has 24 heavy (non-hydrogen) atoms. The fourth-order valence-corrected chi connectivity index (χ4v) is 2.62. The van der Waals surface area contributed by atoms with Crippen molar-refractivity contribution < 1.29 is 4.79 Å². The van der Waals surface area contributed by atoms with E-state index in [2.05, 4.69) is 25.1 Å². The third-order valence-electron chi connectivity index (χ3n) is 3.97. The lowest BCUT2D eigenvalue weighted by atomic mass is 10.0. The predicted molar refractivity (Wildman–Crippen MR) is 103 cm³/mol. The molecule has 1 nitrogen and oxygen atoms in total. The molecule has 0 saturated heterocycles. The highest BCUT2D eigenvalue weighted by atomic mass is 16.1. The van der Waals surface area contributed by atoms with Gasteiger partial charge in [-0.15, -0.1) is 0 Å². The molecule has 0 N–H and O–H groups in total. The monoisotopic (exact) mass is 318 g/mol. The molecule has 0 fully saturated rings. The molecule has 0 bridgehead atoms. The predicted octanol–water partition coefficient (Wildman–Crippen LogP) is 6.40. The highest BCUT2D eigenvalue weighted by Gasteiger charge is 2.02. The Morgan fingerprint density at radius 2 is 1.75 bits per heavy atom. The molecule has 0 aliphatic rings. The lowest BCUT2D eigenvalue weighted by molar-refractivity contribution is 0.104. The molecule has 0 aliphatic carbocycles. The molecule has 2 rings (SSSR count). The first-order valence-corrected chi connectivity index (χ1v) is 8.73. The van der Waals surface area contributed by atoms with E-state index < -0.39 is 0 Å². The maximum absolute atomic E-state index is 12.4. The SMILES string of the molecule is CCCCCC(=C/c1ccccc1)/C=C/C(=O)c1cccc(C)c1. The summed E-state index contributed by atoms with van der Waals surface area (Å²) >= 11 is 0. The van der Waals surface area contributed by atoms with Crippen molar-refractivity contribution in [2.45, 2.75) is 39.5 Å². The first-order valence-electron chi connectivity index (χ1n) is 8.73. The summed E-state index contributed by atoms with van der Waals surface area (Å²) < 4.78 is 0. The van der Waals surface area contributed by atoms with Gasteiger partial charge in [0.2, 0.25) is 0 Å². The molecule has 0 atom stereocenters.